The molecule has 0 bridgehead atoms. The zero-order chi connectivity index (χ0) is 17.1. The number of fused-ring (bicyclic) bond motifs is 1. The van der Waals surface area contributed by atoms with Gasteiger partial charge in [-0.15, -0.1) is 0 Å². The summed E-state index contributed by atoms with van der Waals surface area (Å²) in [5, 5.41) is 3.44. The highest BCUT2D eigenvalue weighted by molar-refractivity contribution is 8.12. The van der Waals surface area contributed by atoms with E-state index in [0.29, 0.717) is 28.4 Å². The van der Waals surface area contributed by atoms with E-state index >= 15 is 0 Å². The molecular formula is C16H12ClN3O3S. The number of benzene rings is 1. The molecule has 2 amide bonds. The molecule has 24 heavy (non-hydrogen) atoms. The van der Waals surface area contributed by atoms with Gasteiger partial charge in [-0.05, 0) is 25.1 Å². The summed E-state index contributed by atoms with van der Waals surface area (Å²) >= 11 is 6.36. The second-order valence-electron chi connectivity index (χ2n) is 4.86. The maximum atomic E-state index is 12.2. The van der Waals surface area contributed by atoms with E-state index in [-0.39, 0.29) is 10.9 Å². The number of para-hydroxylation sites is 1. The van der Waals surface area contributed by atoms with Crippen LogP contribution < -0.4 is 10.0 Å². The number of rotatable bonds is 2. The van der Waals surface area contributed by atoms with Gasteiger partial charge in [-0.3, -0.25) is 14.8 Å². The van der Waals surface area contributed by atoms with Gasteiger partial charge < -0.3 is 4.42 Å². The van der Waals surface area contributed by atoms with Crippen molar-refractivity contribution in [3.05, 3.63) is 58.9 Å². The smallest absolute Gasteiger partial charge is 0.330 e. The molecule has 8 heteroatoms. The van der Waals surface area contributed by atoms with Crippen LogP contribution in [-0.4, -0.2) is 16.1 Å². The van der Waals surface area contributed by atoms with E-state index in [2.05, 4.69) is 15.0 Å². The maximum Gasteiger partial charge on any atom is 0.330 e. The Labute approximate surface area is 146 Å². The van der Waals surface area contributed by atoms with Gasteiger partial charge in [0.25, 0.3) is 5.12 Å². The molecule has 6 nitrogen and oxygen atoms in total. The van der Waals surface area contributed by atoms with Gasteiger partial charge in [0.2, 0.25) is 0 Å². The molecular weight excluding hydrogens is 350 g/mol. The van der Waals surface area contributed by atoms with Crippen LogP contribution in [0.4, 0.5) is 10.6 Å². The molecule has 1 aromatic carbocycles. The van der Waals surface area contributed by atoms with E-state index in [9.17, 15) is 9.59 Å². The zero-order valence-electron chi connectivity index (χ0n) is 12.5. The van der Waals surface area contributed by atoms with Crippen LogP contribution in [0.2, 0.25) is 5.02 Å². The Bertz CT molecular complexity index is 909. The summed E-state index contributed by atoms with van der Waals surface area (Å²) in [6, 6.07) is 9.95. The lowest BCUT2D eigenvalue weighted by Gasteiger charge is -2.05. The number of nitrogens with one attached hydrogen (secondary N) is 2. The molecule has 0 spiro atoms. The van der Waals surface area contributed by atoms with Crippen molar-refractivity contribution in [3.8, 4) is 0 Å². The summed E-state index contributed by atoms with van der Waals surface area (Å²) in [7, 11) is 0. The minimum atomic E-state index is -0.572. The fraction of sp³-hybridized carbons (Fsp3) is 0.0625. The van der Waals surface area contributed by atoms with Crippen molar-refractivity contribution in [2.75, 3.05) is 5.32 Å². The van der Waals surface area contributed by atoms with Crippen LogP contribution in [0.15, 0.2) is 47.0 Å². The van der Waals surface area contributed by atoms with Crippen molar-refractivity contribution in [2.24, 2.45) is 0 Å². The summed E-state index contributed by atoms with van der Waals surface area (Å²) in [4.78, 5) is 28.0. The van der Waals surface area contributed by atoms with Crippen molar-refractivity contribution in [2.45, 2.75) is 6.92 Å². The van der Waals surface area contributed by atoms with Gasteiger partial charge in [0.1, 0.15) is 11.4 Å². The van der Waals surface area contributed by atoms with Crippen molar-refractivity contribution in [1.29, 1.82) is 0 Å². The van der Waals surface area contributed by atoms with Crippen molar-refractivity contribution in [3.63, 3.8) is 0 Å². The molecule has 0 radical (unpaired) electrons. The Morgan fingerprint density at radius 1 is 1.21 bits per heavy atom. The minimum absolute atomic E-state index is 0.214. The topological polar surface area (TPSA) is 84.2 Å². The van der Waals surface area contributed by atoms with Crippen LogP contribution >= 0.6 is 23.5 Å². The SMILES string of the molecule is Cc1c(C(=O)SNC(=O)Nc2ccc(Cl)cn2)oc2ccccc12. The molecule has 0 unspecified atom stereocenters. The number of aryl methyl sites for hydroxylation is 1. The van der Waals surface area contributed by atoms with Crippen LogP contribution in [0.5, 0.6) is 0 Å². The molecule has 3 rings (SSSR count). The highest BCUT2D eigenvalue weighted by Crippen LogP contribution is 2.27. The average molecular weight is 362 g/mol. The predicted octanol–water partition coefficient (Wildman–Crippen LogP) is 4.40. The third-order valence-corrected chi connectivity index (χ3v) is 4.12. The number of hydrogen-bond donors (Lipinski definition) is 2. The lowest BCUT2D eigenvalue weighted by molar-refractivity contribution is 0.106. The normalized spacial score (nSPS) is 10.6. The van der Waals surface area contributed by atoms with Gasteiger partial charge >= 0.3 is 6.03 Å². The lowest BCUT2D eigenvalue weighted by Crippen LogP contribution is -2.24. The number of anilines is 1. The summed E-state index contributed by atoms with van der Waals surface area (Å²) in [6.07, 6.45) is 1.41. The number of carbonyl (C=O) groups excluding carboxylic acids is 2. The van der Waals surface area contributed by atoms with Gasteiger partial charge in [0.15, 0.2) is 5.76 Å². The summed E-state index contributed by atoms with van der Waals surface area (Å²) in [5.41, 5.74) is 1.37. The van der Waals surface area contributed by atoms with E-state index in [0.717, 1.165) is 10.9 Å². The molecule has 0 aliphatic rings. The zero-order valence-corrected chi connectivity index (χ0v) is 14.1. The number of halogens is 1. The number of furan rings is 1. The van der Waals surface area contributed by atoms with Gasteiger partial charge in [0.05, 0.1) is 5.02 Å². The lowest BCUT2D eigenvalue weighted by atomic mass is 10.1. The second-order valence-corrected chi connectivity index (χ2v) is 6.08. The number of hydrogen-bond acceptors (Lipinski definition) is 5. The molecule has 122 valence electrons. The molecule has 2 aromatic heterocycles. The number of aromatic nitrogens is 1. The quantitative estimate of drug-likeness (QED) is 0.661. The molecule has 0 saturated carbocycles. The summed E-state index contributed by atoms with van der Waals surface area (Å²) in [5.74, 6) is 0.538. The fourth-order valence-electron chi connectivity index (χ4n) is 2.10. The number of pyridine rings is 1. The second kappa shape index (κ2) is 6.94. The molecule has 3 aromatic rings. The van der Waals surface area contributed by atoms with Gasteiger partial charge in [0, 0.05) is 29.1 Å². The van der Waals surface area contributed by atoms with Gasteiger partial charge in [-0.25, -0.2) is 9.78 Å². The van der Waals surface area contributed by atoms with Crippen LogP contribution in [0.1, 0.15) is 16.1 Å². The maximum absolute atomic E-state index is 12.2. The number of amides is 2. The van der Waals surface area contributed by atoms with Crippen molar-refractivity contribution in [1.82, 2.24) is 9.71 Å². The Kier molecular flexibility index (Phi) is 4.73. The van der Waals surface area contributed by atoms with Crippen LogP contribution in [-0.2, 0) is 0 Å². The first kappa shape index (κ1) is 16.4. The first-order valence-corrected chi connectivity index (χ1v) is 8.12. The van der Waals surface area contributed by atoms with E-state index in [1.54, 1.807) is 25.1 Å². The standard InChI is InChI=1S/C16H12ClN3O3S/c1-9-11-4-2-3-5-12(11)23-14(9)15(21)24-20-16(22)19-13-7-6-10(17)8-18-13/h2-8H,1H3,(H2,18,19,20,22). The third-order valence-electron chi connectivity index (χ3n) is 3.23. The molecule has 0 fully saturated rings. The highest BCUT2D eigenvalue weighted by atomic mass is 35.5. The Hall–Kier alpha value is -2.51. The van der Waals surface area contributed by atoms with Gasteiger partial charge in [-0.1, -0.05) is 29.8 Å². The third kappa shape index (κ3) is 3.52. The largest absolute Gasteiger partial charge is 0.452 e. The molecule has 0 atom stereocenters. The predicted molar refractivity (Wildman–Crippen MR) is 94.3 cm³/mol. The summed E-state index contributed by atoms with van der Waals surface area (Å²) < 4.78 is 7.95. The Morgan fingerprint density at radius 3 is 2.71 bits per heavy atom. The Morgan fingerprint density at radius 2 is 2.00 bits per heavy atom. The average Bonchev–Trinajstić information content (AvgIpc) is 2.92. The minimum Gasteiger partial charge on any atom is -0.452 e. The molecule has 2 heterocycles. The monoisotopic (exact) mass is 361 g/mol. The van der Waals surface area contributed by atoms with E-state index < -0.39 is 6.03 Å². The summed E-state index contributed by atoms with van der Waals surface area (Å²) in [6.45, 7) is 1.80. The van der Waals surface area contributed by atoms with E-state index in [4.69, 9.17) is 16.0 Å². The fourth-order valence-corrected chi connectivity index (χ4v) is 2.74. The van der Waals surface area contributed by atoms with Crippen molar-refractivity contribution >= 4 is 51.5 Å². The number of carbonyl (C=O) groups is 2. The first-order chi connectivity index (χ1) is 11.5. The Balaban J connectivity index is 1.63. The van der Waals surface area contributed by atoms with Crippen LogP contribution in [0.25, 0.3) is 11.0 Å². The van der Waals surface area contributed by atoms with E-state index in [1.165, 1.54) is 6.20 Å². The van der Waals surface area contributed by atoms with E-state index in [1.807, 2.05) is 18.2 Å². The molecule has 0 aliphatic heterocycles. The number of nitrogens with zero attached hydrogens (tertiary/aromatic N) is 1. The van der Waals surface area contributed by atoms with Crippen LogP contribution in [0, 0.1) is 6.92 Å². The van der Waals surface area contributed by atoms with Crippen LogP contribution in [0.3, 0.4) is 0 Å². The first-order valence-electron chi connectivity index (χ1n) is 6.92. The molecule has 0 saturated heterocycles. The highest BCUT2D eigenvalue weighted by Gasteiger charge is 2.19. The molecule has 0 aliphatic carbocycles. The molecule has 2 N–H and O–H groups in total. The number of urea groups is 1. The van der Waals surface area contributed by atoms with Gasteiger partial charge in [-0.2, -0.15) is 0 Å². The van der Waals surface area contributed by atoms with Crippen molar-refractivity contribution < 1.29 is 14.0 Å².